The smallest absolute Gasteiger partial charge is 0.276 e. The van der Waals surface area contributed by atoms with Gasteiger partial charge in [0.15, 0.2) is 11.5 Å². The van der Waals surface area contributed by atoms with Crippen LogP contribution in [0.1, 0.15) is 21.6 Å². The summed E-state index contributed by atoms with van der Waals surface area (Å²) in [5.41, 5.74) is 4.77. The van der Waals surface area contributed by atoms with Gasteiger partial charge in [-0.1, -0.05) is 23.4 Å². The number of aryl methyl sites for hydroxylation is 1. The number of hydrogen-bond acceptors (Lipinski definition) is 5. The number of methoxy groups -OCH3 is 1. The molecule has 1 saturated heterocycles. The molecule has 148 valence electrons. The van der Waals surface area contributed by atoms with Crippen molar-refractivity contribution < 1.29 is 14.1 Å². The van der Waals surface area contributed by atoms with E-state index < -0.39 is 0 Å². The van der Waals surface area contributed by atoms with Crippen molar-refractivity contribution in [3.05, 3.63) is 65.4 Å². The van der Waals surface area contributed by atoms with E-state index in [0.29, 0.717) is 18.8 Å². The molecule has 6 nitrogen and oxygen atoms in total. The number of nitrogens with zero attached hydrogens (tertiary/aromatic N) is 3. The Labute approximate surface area is 169 Å². The van der Waals surface area contributed by atoms with Crippen LogP contribution in [0.3, 0.4) is 0 Å². The molecular formula is C23H23N3O3. The average molecular weight is 389 g/mol. The quantitative estimate of drug-likeness (QED) is 0.687. The maximum Gasteiger partial charge on any atom is 0.276 e. The average Bonchev–Trinajstić information content (AvgIpc) is 3.23. The Bertz CT molecular complexity index is 1040. The summed E-state index contributed by atoms with van der Waals surface area (Å²) in [6, 6.07) is 16.3. The van der Waals surface area contributed by atoms with Crippen molar-refractivity contribution in [2.45, 2.75) is 12.8 Å². The van der Waals surface area contributed by atoms with Gasteiger partial charge in [0.1, 0.15) is 5.75 Å². The van der Waals surface area contributed by atoms with E-state index >= 15 is 0 Å². The highest BCUT2D eigenvalue weighted by Gasteiger charge is 2.31. The number of carbonyl (C=O) groups excluding carboxylic acids is 1. The molecule has 29 heavy (non-hydrogen) atoms. The van der Waals surface area contributed by atoms with Crippen LogP contribution in [0.15, 0.2) is 53.1 Å². The fourth-order valence-electron chi connectivity index (χ4n) is 4.26. The number of benzene rings is 2. The van der Waals surface area contributed by atoms with Gasteiger partial charge in [0.25, 0.3) is 5.91 Å². The number of anilines is 1. The van der Waals surface area contributed by atoms with E-state index in [0.717, 1.165) is 48.6 Å². The Morgan fingerprint density at radius 1 is 1.03 bits per heavy atom. The minimum Gasteiger partial charge on any atom is -0.497 e. The van der Waals surface area contributed by atoms with Crippen molar-refractivity contribution in [1.82, 2.24) is 10.1 Å². The number of amides is 1. The highest BCUT2D eigenvalue weighted by Crippen LogP contribution is 2.37. The van der Waals surface area contributed by atoms with Crippen LogP contribution in [-0.2, 0) is 12.8 Å². The third-order valence-corrected chi connectivity index (χ3v) is 5.88. The largest absolute Gasteiger partial charge is 0.497 e. The van der Waals surface area contributed by atoms with Gasteiger partial charge >= 0.3 is 0 Å². The molecule has 2 heterocycles. The lowest BCUT2D eigenvalue weighted by molar-refractivity contribution is 0.0735. The third kappa shape index (κ3) is 3.14. The van der Waals surface area contributed by atoms with Gasteiger partial charge in [0, 0.05) is 43.0 Å². The van der Waals surface area contributed by atoms with Gasteiger partial charge in [0.2, 0.25) is 0 Å². The zero-order chi connectivity index (χ0) is 19.8. The fraction of sp³-hybridized carbons (Fsp3) is 0.304. The molecular weight excluding hydrogens is 366 g/mol. The summed E-state index contributed by atoms with van der Waals surface area (Å²) in [6.07, 6.45) is 1.60. The Kier molecular flexibility index (Phi) is 4.46. The van der Waals surface area contributed by atoms with E-state index in [9.17, 15) is 4.79 Å². The van der Waals surface area contributed by atoms with E-state index in [1.165, 1.54) is 11.3 Å². The lowest BCUT2D eigenvalue weighted by Gasteiger charge is -2.35. The second-order valence-corrected chi connectivity index (χ2v) is 7.48. The van der Waals surface area contributed by atoms with E-state index in [-0.39, 0.29) is 5.91 Å². The zero-order valence-corrected chi connectivity index (χ0v) is 16.4. The Morgan fingerprint density at radius 3 is 2.59 bits per heavy atom. The molecule has 2 aromatic carbocycles. The number of carbonyl (C=O) groups is 1. The van der Waals surface area contributed by atoms with Crippen molar-refractivity contribution in [2.75, 3.05) is 38.2 Å². The standard InChI is InChI=1S/C23H23N3O3/c1-28-18-8-10-19-16(15-18)7-9-20-21(24-29-22(19)20)23(27)26-13-11-25(12-14-26)17-5-3-2-4-6-17/h2-6,8,10,15H,7,9,11-14H2,1H3. The molecule has 0 N–H and O–H groups in total. The van der Waals surface area contributed by atoms with Crippen LogP contribution in [0.2, 0.25) is 0 Å². The van der Waals surface area contributed by atoms with Gasteiger partial charge < -0.3 is 19.1 Å². The molecule has 6 heteroatoms. The Morgan fingerprint density at radius 2 is 1.83 bits per heavy atom. The molecule has 1 amide bonds. The summed E-state index contributed by atoms with van der Waals surface area (Å²) < 4.78 is 11.0. The van der Waals surface area contributed by atoms with Gasteiger partial charge in [-0.25, -0.2) is 0 Å². The van der Waals surface area contributed by atoms with Crippen LogP contribution >= 0.6 is 0 Å². The molecule has 0 radical (unpaired) electrons. The van der Waals surface area contributed by atoms with Crippen LogP contribution in [0.25, 0.3) is 11.3 Å². The van der Waals surface area contributed by atoms with Crippen LogP contribution in [0, 0.1) is 0 Å². The maximum absolute atomic E-state index is 13.2. The van der Waals surface area contributed by atoms with Crippen molar-refractivity contribution in [1.29, 1.82) is 0 Å². The molecule has 3 aromatic rings. The first-order chi connectivity index (χ1) is 14.2. The van der Waals surface area contributed by atoms with Gasteiger partial charge in [-0.05, 0) is 48.7 Å². The molecule has 0 saturated carbocycles. The first-order valence-corrected chi connectivity index (χ1v) is 9.99. The Hall–Kier alpha value is -3.28. The van der Waals surface area contributed by atoms with Crippen LogP contribution in [0.5, 0.6) is 5.75 Å². The topological polar surface area (TPSA) is 58.8 Å². The number of piperazine rings is 1. The number of fused-ring (bicyclic) bond motifs is 3. The van der Waals surface area contributed by atoms with E-state index in [2.05, 4.69) is 22.2 Å². The second-order valence-electron chi connectivity index (χ2n) is 7.48. The molecule has 0 bridgehead atoms. The van der Waals surface area contributed by atoms with Crippen molar-refractivity contribution in [3.8, 4) is 17.1 Å². The maximum atomic E-state index is 13.2. The summed E-state index contributed by atoms with van der Waals surface area (Å²) in [5, 5.41) is 4.18. The number of rotatable bonds is 3. The highest BCUT2D eigenvalue weighted by atomic mass is 16.5. The predicted molar refractivity (Wildman–Crippen MR) is 110 cm³/mol. The third-order valence-electron chi connectivity index (χ3n) is 5.88. The van der Waals surface area contributed by atoms with Gasteiger partial charge in [-0.15, -0.1) is 0 Å². The van der Waals surface area contributed by atoms with Gasteiger partial charge in [-0.2, -0.15) is 0 Å². The molecule has 1 aliphatic heterocycles. The first kappa shape index (κ1) is 17.8. The highest BCUT2D eigenvalue weighted by molar-refractivity contribution is 5.95. The van der Waals surface area contributed by atoms with E-state index in [1.54, 1.807) is 7.11 Å². The number of para-hydroxylation sites is 1. The molecule has 2 aliphatic rings. The number of aromatic nitrogens is 1. The molecule has 0 spiro atoms. The van der Waals surface area contributed by atoms with Crippen molar-refractivity contribution >= 4 is 11.6 Å². The summed E-state index contributed by atoms with van der Waals surface area (Å²) >= 11 is 0. The molecule has 1 aromatic heterocycles. The van der Waals surface area contributed by atoms with Crippen molar-refractivity contribution in [3.63, 3.8) is 0 Å². The monoisotopic (exact) mass is 389 g/mol. The first-order valence-electron chi connectivity index (χ1n) is 9.99. The fourth-order valence-corrected chi connectivity index (χ4v) is 4.26. The van der Waals surface area contributed by atoms with Crippen LogP contribution < -0.4 is 9.64 Å². The molecule has 1 fully saturated rings. The zero-order valence-electron chi connectivity index (χ0n) is 16.4. The summed E-state index contributed by atoms with van der Waals surface area (Å²) in [4.78, 5) is 17.4. The lowest BCUT2D eigenvalue weighted by atomic mass is 9.89. The van der Waals surface area contributed by atoms with Crippen LogP contribution in [0.4, 0.5) is 5.69 Å². The molecule has 0 atom stereocenters. The Balaban J connectivity index is 1.34. The summed E-state index contributed by atoms with van der Waals surface area (Å²) in [6.45, 7) is 3.00. The molecule has 1 aliphatic carbocycles. The number of hydrogen-bond donors (Lipinski definition) is 0. The van der Waals surface area contributed by atoms with E-state index in [4.69, 9.17) is 9.26 Å². The normalized spacial score (nSPS) is 15.6. The minimum absolute atomic E-state index is 0.0281. The van der Waals surface area contributed by atoms with E-state index in [1.807, 2.05) is 41.3 Å². The van der Waals surface area contributed by atoms with Gasteiger partial charge in [0.05, 0.1) is 7.11 Å². The minimum atomic E-state index is -0.0281. The van der Waals surface area contributed by atoms with Crippen LogP contribution in [-0.4, -0.2) is 49.3 Å². The summed E-state index contributed by atoms with van der Waals surface area (Å²) in [7, 11) is 1.67. The summed E-state index contributed by atoms with van der Waals surface area (Å²) in [5.74, 6) is 1.53. The SMILES string of the molecule is COc1ccc2c(c1)CCc1c(C(=O)N3CCN(c4ccccc4)CC3)noc1-2. The van der Waals surface area contributed by atoms with Crippen molar-refractivity contribution in [2.24, 2.45) is 0 Å². The number of ether oxygens (including phenoxy) is 1. The second kappa shape index (κ2) is 7.28. The van der Waals surface area contributed by atoms with Gasteiger partial charge in [-0.3, -0.25) is 4.79 Å². The molecule has 5 rings (SSSR count). The predicted octanol–water partition coefficient (Wildman–Crippen LogP) is 3.41. The lowest BCUT2D eigenvalue weighted by Crippen LogP contribution is -2.49. The molecule has 0 unspecified atom stereocenters.